The Hall–Kier alpha value is -3.91. The first kappa shape index (κ1) is 21.0. The number of nitrogen functional groups attached to an aromatic ring is 1. The third-order valence-corrected chi connectivity index (χ3v) is 5.98. The van der Waals surface area contributed by atoms with E-state index in [1.54, 1.807) is 36.9 Å². The second-order valence-corrected chi connectivity index (χ2v) is 8.36. The Morgan fingerprint density at radius 2 is 1.73 bits per heavy atom. The molecule has 0 radical (unpaired) electrons. The van der Waals surface area contributed by atoms with Crippen LogP contribution in [-0.4, -0.2) is 63.8 Å². The number of Topliss-reactive ketones (excluding diaryl/α,β-unsaturated/α-hetero) is 1. The summed E-state index contributed by atoms with van der Waals surface area (Å²) in [6.45, 7) is 3.80. The number of carbonyl (C=O) groups is 1. The van der Waals surface area contributed by atoms with Crippen LogP contribution < -0.4 is 10.6 Å². The summed E-state index contributed by atoms with van der Waals surface area (Å²) in [5.74, 6) is 1.35. The van der Waals surface area contributed by atoms with E-state index in [2.05, 4.69) is 36.8 Å². The Labute approximate surface area is 192 Å². The van der Waals surface area contributed by atoms with Gasteiger partial charge in [0.15, 0.2) is 5.78 Å². The fraction of sp³-hybridized carbons (Fsp3) is 0.240. The van der Waals surface area contributed by atoms with Gasteiger partial charge in [-0.25, -0.2) is 9.97 Å². The lowest BCUT2D eigenvalue weighted by Crippen LogP contribution is -2.44. The van der Waals surface area contributed by atoms with E-state index in [1.807, 2.05) is 24.3 Å². The monoisotopic (exact) mass is 439 g/mol. The average Bonchev–Trinajstić information content (AvgIpc) is 2.84. The van der Waals surface area contributed by atoms with Crippen molar-refractivity contribution < 1.29 is 4.79 Å². The zero-order valence-corrected chi connectivity index (χ0v) is 18.5. The predicted octanol–water partition coefficient (Wildman–Crippen LogP) is 2.85. The lowest BCUT2D eigenvalue weighted by molar-refractivity contribution is 0.0992. The Morgan fingerprint density at radius 3 is 2.52 bits per heavy atom. The number of likely N-dealkylation sites (N-methyl/N-ethyl adjacent to an activating group) is 1. The van der Waals surface area contributed by atoms with E-state index in [-0.39, 0.29) is 12.2 Å². The summed E-state index contributed by atoms with van der Waals surface area (Å²) in [4.78, 5) is 35.2. The van der Waals surface area contributed by atoms with Gasteiger partial charge in [-0.2, -0.15) is 0 Å². The van der Waals surface area contributed by atoms with Crippen molar-refractivity contribution in [3.05, 3.63) is 72.4 Å². The molecule has 4 aromatic rings. The smallest absolute Gasteiger partial charge is 0.169 e. The number of piperazine rings is 1. The molecule has 0 amide bonds. The molecule has 0 aliphatic carbocycles. The zero-order valence-electron chi connectivity index (χ0n) is 18.5. The number of nitrogens with two attached hydrogens (primary N) is 1. The molecule has 8 nitrogen and oxygen atoms in total. The molecule has 0 spiro atoms. The number of hydrogen-bond donors (Lipinski definition) is 1. The number of hydrogen-bond acceptors (Lipinski definition) is 8. The van der Waals surface area contributed by atoms with Crippen molar-refractivity contribution in [1.29, 1.82) is 0 Å². The number of fused-ring (bicyclic) bond motifs is 1. The summed E-state index contributed by atoms with van der Waals surface area (Å²) in [6.07, 6.45) is 7.19. The summed E-state index contributed by atoms with van der Waals surface area (Å²) >= 11 is 0. The molecule has 8 heteroatoms. The number of carbonyl (C=O) groups excluding carboxylic acids is 1. The summed E-state index contributed by atoms with van der Waals surface area (Å²) < 4.78 is 0. The number of aromatic nitrogens is 4. The van der Waals surface area contributed by atoms with Crippen LogP contribution in [-0.2, 0) is 6.42 Å². The van der Waals surface area contributed by atoms with E-state index in [1.165, 1.54) is 0 Å². The largest absolute Gasteiger partial charge is 0.384 e. The van der Waals surface area contributed by atoms with Crippen molar-refractivity contribution in [2.24, 2.45) is 0 Å². The van der Waals surface area contributed by atoms with Gasteiger partial charge in [0.05, 0.1) is 12.1 Å². The number of ketones is 1. The predicted molar refractivity (Wildman–Crippen MR) is 129 cm³/mol. The van der Waals surface area contributed by atoms with Crippen molar-refractivity contribution >= 4 is 28.2 Å². The van der Waals surface area contributed by atoms with Crippen molar-refractivity contribution in [1.82, 2.24) is 24.8 Å². The van der Waals surface area contributed by atoms with Crippen LogP contribution in [0, 0.1) is 0 Å². The molecule has 2 N–H and O–H groups in total. The number of anilines is 2. The molecule has 33 heavy (non-hydrogen) atoms. The normalized spacial score (nSPS) is 14.5. The van der Waals surface area contributed by atoms with Crippen LogP contribution in [0.5, 0.6) is 0 Å². The summed E-state index contributed by atoms with van der Waals surface area (Å²) in [5.41, 5.74) is 8.74. The van der Waals surface area contributed by atoms with Gasteiger partial charge in [-0.1, -0.05) is 0 Å². The Kier molecular flexibility index (Phi) is 5.66. The highest BCUT2D eigenvalue weighted by atomic mass is 16.1. The molecule has 0 saturated carbocycles. The highest BCUT2D eigenvalue weighted by molar-refractivity contribution is 5.98. The van der Waals surface area contributed by atoms with Crippen LogP contribution in [0.25, 0.3) is 22.0 Å². The summed E-state index contributed by atoms with van der Waals surface area (Å²) in [5, 5.41) is 1.89. The van der Waals surface area contributed by atoms with Gasteiger partial charge in [-0.3, -0.25) is 14.8 Å². The van der Waals surface area contributed by atoms with Crippen LogP contribution in [0.2, 0.25) is 0 Å². The summed E-state index contributed by atoms with van der Waals surface area (Å²) in [7, 11) is 2.12. The Balaban J connectivity index is 1.36. The van der Waals surface area contributed by atoms with Gasteiger partial charge in [-0.15, -0.1) is 0 Å². The van der Waals surface area contributed by atoms with Crippen LogP contribution in [0.1, 0.15) is 16.1 Å². The first-order valence-corrected chi connectivity index (χ1v) is 10.9. The molecule has 166 valence electrons. The van der Waals surface area contributed by atoms with Crippen LogP contribution in [0.3, 0.4) is 0 Å². The van der Waals surface area contributed by atoms with E-state index in [0.717, 1.165) is 59.7 Å². The number of nitrogens with zero attached hydrogens (tertiary/aromatic N) is 6. The van der Waals surface area contributed by atoms with Crippen LogP contribution in [0.15, 0.2) is 61.2 Å². The quantitative estimate of drug-likeness (QED) is 0.474. The third kappa shape index (κ3) is 4.65. The van der Waals surface area contributed by atoms with Crippen molar-refractivity contribution in [3.8, 4) is 11.3 Å². The summed E-state index contributed by atoms with van der Waals surface area (Å²) in [6, 6.07) is 11.2. The standard InChI is InChI=1S/C25H25N7O/c1-31-6-8-32(9-7-31)25-12-17(4-5-27-25)23(33)13-21-10-19-11-22(29-16-20(19)15-28-21)18-2-3-24(26)30-14-18/h2-5,10-12,14-16H,6-9,13H2,1H3,(H2,26,30). The Morgan fingerprint density at radius 1 is 0.909 bits per heavy atom. The van der Waals surface area contributed by atoms with Gasteiger partial charge in [0.2, 0.25) is 0 Å². The fourth-order valence-electron chi connectivity index (χ4n) is 3.96. The van der Waals surface area contributed by atoms with E-state index in [4.69, 9.17) is 5.73 Å². The molecule has 1 aliphatic heterocycles. The highest BCUT2D eigenvalue weighted by Crippen LogP contribution is 2.23. The van der Waals surface area contributed by atoms with E-state index < -0.39 is 0 Å². The fourth-order valence-corrected chi connectivity index (χ4v) is 3.96. The van der Waals surface area contributed by atoms with Gasteiger partial charge in [-0.05, 0) is 48.8 Å². The van der Waals surface area contributed by atoms with Gasteiger partial charge >= 0.3 is 0 Å². The van der Waals surface area contributed by atoms with Crippen molar-refractivity contribution in [2.45, 2.75) is 6.42 Å². The van der Waals surface area contributed by atoms with E-state index in [9.17, 15) is 4.79 Å². The van der Waals surface area contributed by atoms with Crippen LogP contribution in [0.4, 0.5) is 11.6 Å². The second kappa shape index (κ2) is 8.91. The minimum atomic E-state index is 0.0247. The third-order valence-electron chi connectivity index (χ3n) is 5.98. The molecule has 0 unspecified atom stereocenters. The molecule has 5 rings (SSSR count). The van der Waals surface area contributed by atoms with Gasteiger partial charge in [0, 0.05) is 73.2 Å². The molecule has 0 bridgehead atoms. The van der Waals surface area contributed by atoms with Gasteiger partial charge in [0.25, 0.3) is 0 Å². The number of pyridine rings is 4. The molecule has 0 atom stereocenters. The molecule has 1 aliphatic rings. The molecule has 5 heterocycles. The SMILES string of the molecule is CN1CCN(c2cc(C(=O)Cc3cc4cc(-c5ccc(N)nc5)ncc4cn3)ccn2)CC1. The molecule has 1 saturated heterocycles. The average molecular weight is 440 g/mol. The van der Waals surface area contributed by atoms with Gasteiger partial charge in [0.1, 0.15) is 11.6 Å². The van der Waals surface area contributed by atoms with Crippen LogP contribution >= 0.6 is 0 Å². The molecule has 1 fully saturated rings. The zero-order chi connectivity index (χ0) is 22.8. The lowest BCUT2D eigenvalue weighted by Gasteiger charge is -2.33. The molecule has 0 aromatic carbocycles. The first-order chi connectivity index (χ1) is 16.0. The second-order valence-electron chi connectivity index (χ2n) is 8.36. The van der Waals surface area contributed by atoms with E-state index >= 15 is 0 Å². The highest BCUT2D eigenvalue weighted by Gasteiger charge is 2.17. The molecular formula is C25H25N7O. The Bertz CT molecular complexity index is 1300. The van der Waals surface area contributed by atoms with Gasteiger partial charge < -0.3 is 15.5 Å². The molecular weight excluding hydrogens is 414 g/mol. The first-order valence-electron chi connectivity index (χ1n) is 10.9. The maximum atomic E-state index is 13.0. The topological polar surface area (TPSA) is 101 Å². The minimum absolute atomic E-state index is 0.0247. The maximum absolute atomic E-state index is 13.0. The van der Waals surface area contributed by atoms with E-state index in [0.29, 0.717) is 11.4 Å². The number of rotatable bonds is 5. The maximum Gasteiger partial charge on any atom is 0.169 e. The minimum Gasteiger partial charge on any atom is -0.384 e. The molecule has 4 aromatic heterocycles. The van der Waals surface area contributed by atoms with Crippen molar-refractivity contribution in [3.63, 3.8) is 0 Å². The lowest BCUT2D eigenvalue weighted by atomic mass is 10.0. The van der Waals surface area contributed by atoms with Crippen molar-refractivity contribution in [2.75, 3.05) is 43.9 Å².